The zero-order valence-corrected chi connectivity index (χ0v) is 13.1. The van der Waals surface area contributed by atoms with Crippen molar-refractivity contribution in [3.8, 4) is 0 Å². The average molecular weight is 258 g/mol. The standard InChI is InChI=1S/C16H34O2/c1-5-6-7-8-9-10-13-17-15-18-14-11-12-16(2,3)4/h5-15H2,1-4H3. The van der Waals surface area contributed by atoms with E-state index in [9.17, 15) is 0 Å². The van der Waals surface area contributed by atoms with Gasteiger partial charge in [-0.25, -0.2) is 0 Å². The summed E-state index contributed by atoms with van der Waals surface area (Å²) in [6, 6.07) is 0. The number of rotatable bonds is 12. The van der Waals surface area contributed by atoms with Gasteiger partial charge >= 0.3 is 0 Å². The Balaban J connectivity index is 2.99. The van der Waals surface area contributed by atoms with Crippen LogP contribution in [0, 0.1) is 5.41 Å². The third kappa shape index (κ3) is 15.9. The highest BCUT2D eigenvalue weighted by Gasteiger charge is 2.08. The van der Waals surface area contributed by atoms with Crippen LogP contribution in [-0.2, 0) is 9.47 Å². The number of ether oxygens (including phenoxy) is 2. The first-order valence-electron chi connectivity index (χ1n) is 7.72. The Morgan fingerprint density at radius 2 is 1.28 bits per heavy atom. The lowest BCUT2D eigenvalue weighted by Gasteiger charge is -2.17. The number of unbranched alkanes of at least 4 members (excludes halogenated alkanes) is 5. The van der Waals surface area contributed by atoms with Gasteiger partial charge in [-0.1, -0.05) is 59.8 Å². The highest BCUT2D eigenvalue weighted by molar-refractivity contribution is 4.60. The van der Waals surface area contributed by atoms with Gasteiger partial charge in [0.05, 0.1) is 0 Å². The Hall–Kier alpha value is -0.0800. The lowest BCUT2D eigenvalue weighted by atomic mass is 9.91. The molecule has 0 spiro atoms. The molecule has 0 radical (unpaired) electrons. The molecule has 0 fully saturated rings. The molecule has 0 bridgehead atoms. The fourth-order valence-corrected chi connectivity index (χ4v) is 1.87. The maximum Gasteiger partial charge on any atom is 0.146 e. The third-order valence-electron chi connectivity index (χ3n) is 3.02. The summed E-state index contributed by atoms with van der Waals surface area (Å²) < 4.78 is 10.9. The summed E-state index contributed by atoms with van der Waals surface area (Å²) in [5.41, 5.74) is 0.419. The Kier molecular flexibility index (Phi) is 11.9. The highest BCUT2D eigenvalue weighted by atomic mass is 16.7. The van der Waals surface area contributed by atoms with Gasteiger partial charge in [-0.3, -0.25) is 0 Å². The molecule has 0 amide bonds. The van der Waals surface area contributed by atoms with Crippen LogP contribution < -0.4 is 0 Å². The first-order valence-corrected chi connectivity index (χ1v) is 7.72. The van der Waals surface area contributed by atoms with Gasteiger partial charge < -0.3 is 9.47 Å². The minimum Gasteiger partial charge on any atom is -0.355 e. The van der Waals surface area contributed by atoms with Crippen molar-refractivity contribution in [2.45, 2.75) is 79.1 Å². The van der Waals surface area contributed by atoms with E-state index in [0.717, 1.165) is 19.6 Å². The van der Waals surface area contributed by atoms with Crippen LogP contribution in [0.2, 0.25) is 0 Å². The number of hydrogen-bond donors (Lipinski definition) is 0. The molecule has 0 aliphatic heterocycles. The molecule has 0 N–H and O–H groups in total. The summed E-state index contributed by atoms with van der Waals surface area (Å²) in [5.74, 6) is 0. The molecule has 18 heavy (non-hydrogen) atoms. The van der Waals surface area contributed by atoms with Crippen molar-refractivity contribution in [3.05, 3.63) is 0 Å². The Bertz CT molecular complexity index is 161. The molecule has 0 aliphatic rings. The van der Waals surface area contributed by atoms with E-state index in [1.54, 1.807) is 0 Å². The molecule has 0 aliphatic carbocycles. The molecule has 0 heterocycles. The molecule has 0 rings (SSSR count). The van der Waals surface area contributed by atoms with E-state index in [2.05, 4.69) is 27.7 Å². The van der Waals surface area contributed by atoms with E-state index in [0.29, 0.717) is 12.2 Å². The largest absolute Gasteiger partial charge is 0.355 e. The quantitative estimate of drug-likeness (QED) is 0.355. The summed E-state index contributed by atoms with van der Waals surface area (Å²) in [7, 11) is 0. The smallest absolute Gasteiger partial charge is 0.146 e. The molecule has 0 atom stereocenters. The molecule has 110 valence electrons. The molecule has 0 aromatic rings. The second-order valence-electron chi connectivity index (χ2n) is 6.37. The van der Waals surface area contributed by atoms with Crippen molar-refractivity contribution in [2.24, 2.45) is 5.41 Å². The van der Waals surface area contributed by atoms with Gasteiger partial charge in [0.2, 0.25) is 0 Å². The monoisotopic (exact) mass is 258 g/mol. The van der Waals surface area contributed by atoms with Crippen molar-refractivity contribution >= 4 is 0 Å². The SMILES string of the molecule is CCCCCCCCOCOCCCC(C)(C)C. The van der Waals surface area contributed by atoms with E-state index >= 15 is 0 Å². The van der Waals surface area contributed by atoms with Crippen LogP contribution in [0.15, 0.2) is 0 Å². The van der Waals surface area contributed by atoms with E-state index < -0.39 is 0 Å². The zero-order valence-electron chi connectivity index (χ0n) is 13.1. The van der Waals surface area contributed by atoms with Crippen LogP contribution in [-0.4, -0.2) is 20.0 Å². The number of hydrogen-bond acceptors (Lipinski definition) is 2. The summed E-state index contributed by atoms with van der Waals surface area (Å²) in [5, 5.41) is 0. The lowest BCUT2D eigenvalue weighted by molar-refractivity contribution is -0.0567. The predicted octanol–water partition coefficient (Wildman–Crippen LogP) is 5.16. The van der Waals surface area contributed by atoms with E-state index in [1.165, 1.54) is 44.9 Å². The molecule has 0 aromatic heterocycles. The fraction of sp³-hybridized carbons (Fsp3) is 1.00. The van der Waals surface area contributed by atoms with Gasteiger partial charge in [0.25, 0.3) is 0 Å². The Morgan fingerprint density at radius 1 is 0.722 bits per heavy atom. The van der Waals surface area contributed by atoms with Gasteiger partial charge in [-0.05, 0) is 24.7 Å². The van der Waals surface area contributed by atoms with E-state index in [4.69, 9.17) is 9.47 Å². The molecule has 2 nitrogen and oxygen atoms in total. The first kappa shape index (κ1) is 17.9. The highest BCUT2D eigenvalue weighted by Crippen LogP contribution is 2.20. The summed E-state index contributed by atoms with van der Waals surface area (Å²) in [4.78, 5) is 0. The molecule has 0 saturated carbocycles. The molecular weight excluding hydrogens is 224 g/mol. The van der Waals surface area contributed by atoms with Crippen LogP contribution >= 0.6 is 0 Å². The van der Waals surface area contributed by atoms with Gasteiger partial charge in [-0.15, -0.1) is 0 Å². The van der Waals surface area contributed by atoms with Crippen molar-refractivity contribution in [2.75, 3.05) is 20.0 Å². The zero-order chi connectivity index (χ0) is 13.7. The topological polar surface area (TPSA) is 18.5 Å². The van der Waals surface area contributed by atoms with Gasteiger partial charge in [-0.2, -0.15) is 0 Å². The summed E-state index contributed by atoms with van der Waals surface area (Å²) in [6.07, 6.45) is 10.2. The van der Waals surface area contributed by atoms with Gasteiger partial charge in [0, 0.05) is 13.2 Å². The van der Waals surface area contributed by atoms with E-state index in [-0.39, 0.29) is 0 Å². The second kappa shape index (κ2) is 12.0. The lowest BCUT2D eigenvalue weighted by Crippen LogP contribution is -2.08. The van der Waals surface area contributed by atoms with Crippen molar-refractivity contribution in [3.63, 3.8) is 0 Å². The van der Waals surface area contributed by atoms with Crippen LogP contribution in [0.4, 0.5) is 0 Å². The van der Waals surface area contributed by atoms with Gasteiger partial charge in [0.15, 0.2) is 0 Å². The third-order valence-corrected chi connectivity index (χ3v) is 3.02. The minimum atomic E-state index is 0.419. The maximum absolute atomic E-state index is 5.45. The van der Waals surface area contributed by atoms with Gasteiger partial charge in [0.1, 0.15) is 6.79 Å². The maximum atomic E-state index is 5.45. The molecule has 0 aromatic carbocycles. The minimum absolute atomic E-state index is 0.419. The predicted molar refractivity (Wildman–Crippen MR) is 78.8 cm³/mol. The molecule has 0 saturated heterocycles. The van der Waals surface area contributed by atoms with Crippen LogP contribution in [0.3, 0.4) is 0 Å². The van der Waals surface area contributed by atoms with Crippen molar-refractivity contribution in [1.29, 1.82) is 0 Å². The molecule has 0 unspecified atom stereocenters. The van der Waals surface area contributed by atoms with Crippen molar-refractivity contribution < 1.29 is 9.47 Å². The van der Waals surface area contributed by atoms with Crippen molar-refractivity contribution in [1.82, 2.24) is 0 Å². The van der Waals surface area contributed by atoms with Crippen LogP contribution in [0.25, 0.3) is 0 Å². The first-order chi connectivity index (χ1) is 8.56. The fourth-order valence-electron chi connectivity index (χ4n) is 1.87. The summed E-state index contributed by atoms with van der Waals surface area (Å²) in [6.45, 7) is 11.2. The normalized spacial score (nSPS) is 12.0. The second-order valence-corrected chi connectivity index (χ2v) is 6.37. The van der Waals surface area contributed by atoms with E-state index in [1.807, 2.05) is 0 Å². The summed E-state index contributed by atoms with van der Waals surface area (Å²) >= 11 is 0. The Labute approximate surface area is 114 Å². The molecular formula is C16H34O2. The Morgan fingerprint density at radius 3 is 1.89 bits per heavy atom. The van der Waals surface area contributed by atoms with Crippen LogP contribution in [0.1, 0.15) is 79.1 Å². The molecule has 2 heteroatoms. The average Bonchev–Trinajstić information content (AvgIpc) is 2.29. The van der Waals surface area contributed by atoms with Crippen LogP contribution in [0.5, 0.6) is 0 Å².